The Kier molecular flexibility index (Phi) is 10.8. The van der Waals surface area contributed by atoms with Gasteiger partial charge in [0.05, 0.1) is 0 Å². The molecule has 0 spiro atoms. The fraction of sp³-hybridized carbons (Fsp3) is 0.0794. The fourth-order valence-corrected chi connectivity index (χ4v) is 13.3. The highest BCUT2D eigenvalue weighted by Gasteiger charge is 2.38. The van der Waals surface area contributed by atoms with Crippen molar-refractivity contribution in [3.63, 3.8) is 0 Å². The van der Waals surface area contributed by atoms with Crippen molar-refractivity contribution in [2.75, 3.05) is 9.80 Å². The Balaban J connectivity index is 0.858. The lowest BCUT2D eigenvalue weighted by atomic mass is 9.86. The number of allylic oxidation sites excluding steroid dienone is 4. The topological polar surface area (TPSA) is 6.48 Å². The normalized spacial score (nSPS) is 14.7. The average Bonchev–Trinajstić information content (AvgIpc) is 3.60. The van der Waals surface area contributed by atoms with E-state index in [2.05, 4.69) is 272 Å². The van der Waals surface area contributed by atoms with Crippen LogP contribution in [-0.2, 0) is 0 Å². The molecule has 1 aliphatic carbocycles. The lowest BCUT2D eigenvalue weighted by Gasteiger charge is -2.32. The van der Waals surface area contributed by atoms with Crippen LogP contribution in [0.15, 0.2) is 248 Å². The molecule has 0 N–H and O–H groups in total. The van der Waals surface area contributed by atoms with Gasteiger partial charge >= 0.3 is 0 Å². The van der Waals surface area contributed by atoms with E-state index in [0.717, 1.165) is 23.5 Å². The second kappa shape index (κ2) is 17.3. The molecule has 318 valence electrons. The largest absolute Gasteiger partial charge is 0.314 e. The van der Waals surface area contributed by atoms with E-state index in [1.807, 2.05) is 0 Å². The summed E-state index contributed by atoms with van der Waals surface area (Å²) >= 11 is 0. The molecule has 0 amide bonds. The third kappa shape index (κ3) is 7.72. The molecule has 2 nitrogen and oxygen atoms in total. The average molecular weight is 865 g/mol. The predicted molar refractivity (Wildman–Crippen MR) is 284 cm³/mol. The molecule has 1 aliphatic heterocycles. The van der Waals surface area contributed by atoms with Gasteiger partial charge in [0.1, 0.15) is 8.07 Å². The van der Waals surface area contributed by atoms with Crippen LogP contribution < -0.4 is 20.2 Å². The Morgan fingerprint density at radius 1 is 0.348 bits per heavy atom. The minimum absolute atomic E-state index is 0.406. The molecule has 0 aromatic heterocycles. The van der Waals surface area contributed by atoms with Gasteiger partial charge in [0.15, 0.2) is 0 Å². The summed E-state index contributed by atoms with van der Waals surface area (Å²) in [5.41, 5.74) is 20.0. The van der Waals surface area contributed by atoms with Crippen LogP contribution in [0.2, 0.25) is 13.1 Å². The molecule has 0 saturated carbocycles. The Morgan fingerprint density at radius 2 is 0.697 bits per heavy atom. The minimum atomic E-state index is -2.02. The first-order chi connectivity index (χ1) is 32.4. The molecule has 0 bridgehead atoms. The first kappa shape index (κ1) is 41.0. The zero-order chi connectivity index (χ0) is 44.6. The van der Waals surface area contributed by atoms with Crippen LogP contribution in [0.4, 0.5) is 28.4 Å². The van der Waals surface area contributed by atoms with Crippen LogP contribution in [0.3, 0.4) is 0 Å². The van der Waals surface area contributed by atoms with Gasteiger partial charge in [-0.25, -0.2) is 0 Å². The molecule has 11 rings (SSSR count). The first-order valence-corrected chi connectivity index (χ1v) is 26.2. The third-order valence-electron chi connectivity index (χ3n) is 13.8. The van der Waals surface area contributed by atoms with Gasteiger partial charge in [-0.1, -0.05) is 196 Å². The van der Waals surface area contributed by atoms with Crippen LogP contribution in [-0.4, -0.2) is 8.07 Å². The summed E-state index contributed by atoms with van der Waals surface area (Å²) in [7, 11) is -2.02. The Bertz CT molecular complexity index is 3210. The lowest BCUT2D eigenvalue weighted by Crippen LogP contribution is -2.49. The van der Waals surface area contributed by atoms with Gasteiger partial charge in [-0.15, -0.1) is 0 Å². The van der Waals surface area contributed by atoms with Crippen LogP contribution >= 0.6 is 0 Å². The molecular formula is C63H52N2Si. The number of benzene rings is 9. The molecule has 1 heterocycles. The zero-order valence-corrected chi connectivity index (χ0v) is 38.8. The summed E-state index contributed by atoms with van der Waals surface area (Å²) in [5.74, 6) is 0.406. The SMILES string of the molecule is CC1CC(N(c2ccccc2)c2ccc(-c3ccc4c(c3)[Si](C)(C)c3cc(-c5ccc(N(c6ccccc6)c6ccc(-c7ccccc7)cc6)cc5)ccc3-4)cc2)=CC=C1c1ccccc1. The van der Waals surface area contributed by atoms with Crippen molar-refractivity contribution < 1.29 is 0 Å². The van der Waals surface area contributed by atoms with Crippen molar-refractivity contribution in [3.05, 3.63) is 254 Å². The van der Waals surface area contributed by atoms with Crippen LogP contribution in [0.25, 0.3) is 50.1 Å². The third-order valence-corrected chi connectivity index (χ3v) is 17.3. The van der Waals surface area contributed by atoms with Crippen molar-refractivity contribution in [2.45, 2.75) is 26.4 Å². The molecular weight excluding hydrogens is 813 g/mol. The summed E-state index contributed by atoms with van der Waals surface area (Å²) < 4.78 is 0. The summed E-state index contributed by atoms with van der Waals surface area (Å²) in [6, 6.07) is 84.4. The quantitative estimate of drug-likeness (QED) is 0.126. The highest BCUT2D eigenvalue weighted by molar-refractivity contribution is 7.03. The molecule has 3 heteroatoms. The molecule has 0 radical (unpaired) electrons. The van der Waals surface area contributed by atoms with E-state index in [0.29, 0.717) is 5.92 Å². The highest BCUT2D eigenvalue weighted by Crippen LogP contribution is 2.41. The number of hydrogen-bond donors (Lipinski definition) is 0. The van der Waals surface area contributed by atoms with Gasteiger partial charge < -0.3 is 9.80 Å². The summed E-state index contributed by atoms with van der Waals surface area (Å²) in [6.07, 6.45) is 5.61. The van der Waals surface area contributed by atoms with Crippen molar-refractivity contribution in [1.82, 2.24) is 0 Å². The van der Waals surface area contributed by atoms with E-state index in [4.69, 9.17) is 0 Å². The number of fused-ring (bicyclic) bond motifs is 3. The van der Waals surface area contributed by atoms with Crippen LogP contribution in [0, 0.1) is 5.92 Å². The molecule has 9 aromatic rings. The van der Waals surface area contributed by atoms with E-state index >= 15 is 0 Å². The first-order valence-electron chi connectivity index (χ1n) is 23.2. The maximum absolute atomic E-state index is 2.52. The molecule has 2 aliphatic rings. The number of nitrogens with zero attached hydrogens (tertiary/aromatic N) is 2. The van der Waals surface area contributed by atoms with Gasteiger partial charge in [-0.2, -0.15) is 0 Å². The monoisotopic (exact) mass is 864 g/mol. The van der Waals surface area contributed by atoms with Gasteiger partial charge in [0.2, 0.25) is 0 Å². The molecule has 0 saturated heterocycles. The van der Waals surface area contributed by atoms with Gasteiger partial charge in [-0.05, 0) is 145 Å². The summed E-state index contributed by atoms with van der Waals surface area (Å²) in [6.45, 7) is 7.39. The minimum Gasteiger partial charge on any atom is -0.314 e. The van der Waals surface area contributed by atoms with Gasteiger partial charge in [0, 0.05) is 34.1 Å². The van der Waals surface area contributed by atoms with E-state index < -0.39 is 8.07 Å². The maximum Gasteiger partial charge on any atom is 0.113 e. The Labute approximate surface area is 391 Å². The van der Waals surface area contributed by atoms with Gasteiger partial charge in [-0.3, -0.25) is 0 Å². The second-order valence-electron chi connectivity index (χ2n) is 18.2. The number of rotatable bonds is 10. The lowest BCUT2D eigenvalue weighted by molar-refractivity contribution is 0.715. The Hall–Kier alpha value is -7.72. The van der Waals surface area contributed by atoms with Crippen molar-refractivity contribution in [3.8, 4) is 44.5 Å². The molecule has 1 unspecified atom stereocenters. The number of hydrogen-bond acceptors (Lipinski definition) is 2. The van der Waals surface area contributed by atoms with Crippen molar-refractivity contribution >= 4 is 52.5 Å². The Morgan fingerprint density at radius 3 is 1.15 bits per heavy atom. The van der Waals surface area contributed by atoms with Crippen molar-refractivity contribution in [2.24, 2.45) is 5.92 Å². The summed E-state index contributed by atoms with van der Waals surface area (Å²) in [4.78, 5) is 4.77. The predicted octanol–water partition coefficient (Wildman–Crippen LogP) is 16.1. The van der Waals surface area contributed by atoms with E-state index in [9.17, 15) is 0 Å². The van der Waals surface area contributed by atoms with E-state index in [1.54, 1.807) is 0 Å². The molecule has 1 atom stereocenters. The highest BCUT2D eigenvalue weighted by atomic mass is 28.3. The van der Waals surface area contributed by atoms with E-state index in [-0.39, 0.29) is 0 Å². The molecule has 9 aromatic carbocycles. The van der Waals surface area contributed by atoms with Gasteiger partial charge in [0.25, 0.3) is 0 Å². The molecule has 66 heavy (non-hydrogen) atoms. The van der Waals surface area contributed by atoms with Crippen LogP contribution in [0.1, 0.15) is 18.9 Å². The number of para-hydroxylation sites is 2. The number of anilines is 5. The standard InChI is InChI=1S/C63H52N2Si/c1-45-42-58(38-41-59(45)50-18-10-5-11-19-50)65(54-22-14-7-15-23-54)57-36-28-49(29-37-57)52-31-40-61-60-39-30-51(43-62(60)66(2,3)63(61)44-52)48-26-34-56(35-27-48)64(53-20-12-6-13-21-53)55-32-24-47(25-33-55)46-16-8-4-9-17-46/h4-41,43-45H,42H2,1-3H3. The van der Waals surface area contributed by atoms with Crippen molar-refractivity contribution in [1.29, 1.82) is 0 Å². The maximum atomic E-state index is 2.52. The fourth-order valence-electron chi connectivity index (χ4n) is 10.2. The molecule has 0 fully saturated rings. The zero-order valence-electron chi connectivity index (χ0n) is 37.8. The smallest absolute Gasteiger partial charge is 0.113 e. The van der Waals surface area contributed by atoms with E-state index in [1.165, 1.54) is 83.1 Å². The summed E-state index contributed by atoms with van der Waals surface area (Å²) in [5, 5.41) is 3.02. The van der Waals surface area contributed by atoms with Crippen LogP contribution in [0.5, 0.6) is 0 Å². The second-order valence-corrected chi connectivity index (χ2v) is 22.6.